The summed E-state index contributed by atoms with van der Waals surface area (Å²) in [7, 11) is 1.63. The maximum atomic E-state index is 13.6. The molecule has 0 aromatic heterocycles. The van der Waals surface area contributed by atoms with Gasteiger partial charge in [0.1, 0.15) is 5.75 Å². The molecular weight excluding hydrogens is 450 g/mol. The highest BCUT2D eigenvalue weighted by atomic mass is 32.2. The van der Waals surface area contributed by atoms with E-state index in [1.54, 1.807) is 18.9 Å². The van der Waals surface area contributed by atoms with Crippen LogP contribution >= 0.6 is 11.8 Å². The molecule has 2 atom stereocenters. The van der Waals surface area contributed by atoms with Gasteiger partial charge < -0.3 is 4.74 Å². The summed E-state index contributed by atoms with van der Waals surface area (Å²) in [6, 6.07) is 14.8. The molecule has 2 heterocycles. The van der Waals surface area contributed by atoms with Crippen LogP contribution in [0.4, 0.5) is 10.5 Å². The van der Waals surface area contributed by atoms with Gasteiger partial charge in [0.05, 0.1) is 12.8 Å². The van der Waals surface area contributed by atoms with Crippen molar-refractivity contribution in [1.82, 2.24) is 10.2 Å². The number of urea groups is 1. The number of para-hydroxylation sites is 1. The molecule has 2 aromatic rings. The van der Waals surface area contributed by atoms with Crippen molar-refractivity contribution in [3.63, 3.8) is 0 Å². The molecule has 4 amide bonds. The summed E-state index contributed by atoms with van der Waals surface area (Å²) in [6.07, 6.45) is 5.03. The number of hydrogen-bond acceptors (Lipinski definition) is 6. The average Bonchev–Trinajstić information content (AvgIpc) is 3.04. The van der Waals surface area contributed by atoms with E-state index < -0.39 is 23.8 Å². The van der Waals surface area contributed by atoms with Crippen molar-refractivity contribution >= 4 is 41.0 Å². The SMILES string of the molecule is COc1ccc(C2CC(C3C(=O)NC(=O)N(C4CCCCC4)C3=O)=Nc3ccccc3S2)cc1. The van der Waals surface area contributed by atoms with E-state index in [9.17, 15) is 14.4 Å². The first-order valence-electron chi connectivity index (χ1n) is 11.7. The highest BCUT2D eigenvalue weighted by Crippen LogP contribution is 2.46. The average molecular weight is 478 g/mol. The van der Waals surface area contributed by atoms with E-state index in [1.807, 2.05) is 48.5 Å². The lowest BCUT2D eigenvalue weighted by molar-refractivity contribution is -0.141. The summed E-state index contributed by atoms with van der Waals surface area (Å²) >= 11 is 1.67. The number of carbonyl (C=O) groups is 3. The minimum absolute atomic E-state index is 0.0466. The number of benzene rings is 2. The van der Waals surface area contributed by atoms with E-state index in [0.29, 0.717) is 12.1 Å². The quantitative estimate of drug-likeness (QED) is 0.624. The molecule has 176 valence electrons. The molecule has 5 rings (SSSR count). The van der Waals surface area contributed by atoms with Crippen molar-refractivity contribution in [2.45, 2.75) is 54.7 Å². The number of fused-ring (bicyclic) bond motifs is 1. The second-order valence-corrected chi connectivity index (χ2v) is 10.1. The second kappa shape index (κ2) is 9.62. The number of ether oxygens (including phenoxy) is 1. The lowest BCUT2D eigenvalue weighted by atomic mass is 9.89. The summed E-state index contributed by atoms with van der Waals surface area (Å²) in [4.78, 5) is 46.4. The number of aliphatic imine (C=N–C) groups is 1. The summed E-state index contributed by atoms with van der Waals surface area (Å²) in [5, 5.41) is 2.39. The number of rotatable bonds is 4. The number of methoxy groups -OCH3 is 1. The Labute approximate surface area is 203 Å². The van der Waals surface area contributed by atoms with Crippen molar-refractivity contribution in [3.05, 3.63) is 54.1 Å². The maximum Gasteiger partial charge on any atom is 0.331 e. The Morgan fingerprint density at radius 1 is 1.00 bits per heavy atom. The number of barbiturate groups is 1. The molecule has 7 nitrogen and oxygen atoms in total. The smallest absolute Gasteiger partial charge is 0.331 e. The van der Waals surface area contributed by atoms with Gasteiger partial charge in [-0.3, -0.25) is 24.8 Å². The molecule has 1 saturated heterocycles. The summed E-state index contributed by atoms with van der Waals surface area (Å²) < 4.78 is 5.30. The van der Waals surface area contributed by atoms with E-state index in [2.05, 4.69) is 5.32 Å². The molecule has 2 aliphatic heterocycles. The van der Waals surface area contributed by atoms with Crippen LogP contribution in [0.15, 0.2) is 58.4 Å². The molecule has 2 aromatic carbocycles. The van der Waals surface area contributed by atoms with Gasteiger partial charge in [-0.15, -0.1) is 11.8 Å². The largest absolute Gasteiger partial charge is 0.497 e. The van der Waals surface area contributed by atoms with Crippen molar-refractivity contribution in [2.75, 3.05) is 7.11 Å². The first-order valence-corrected chi connectivity index (χ1v) is 12.6. The normalized spacial score (nSPS) is 23.6. The zero-order valence-corrected chi connectivity index (χ0v) is 19.8. The fourth-order valence-corrected chi connectivity index (χ4v) is 6.23. The molecule has 0 spiro atoms. The van der Waals surface area contributed by atoms with Crippen LogP contribution in [0.2, 0.25) is 0 Å². The molecule has 3 aliphatic rings. The van der Waals surface area contributed by atoms with Crippen LogP contribution in [0.3, 0.4) is 0 Å². The van der Waals surface area contributed by atoms with Crippen LogP contribution in [-0.2, 0) is 9.59 Å². The minimum atomic E-state index is -1.10. The van der Waals surface area contributed by atoms with E-state index in [-0.39, 0.29) is 11.3 Å². The molecule has 2 unspecified atom stereocenters. The highest BCUT2D eigenvalue weighted by Gasteiger charge is 2.46. The summed E-state index contributed by atoms with van der Waals surface area (Å²) in [5.74, 6) is -1.37. The fraction of sp³-hybridized carbons (Fsp3) is 0.385. The van der Waals surface area contributed by atoms with E-state index in [1.165, 1.54) is 4.90 Å². The lowest BCUT2D eigenvalue weighted by Gasteiger charge is -2.37. The van der Waals surface area contributed by atoms with E-state index in [4.69, 9.17) is 9.73 Å². The summed E-state index contributed by atoms with van der Waals surface area (Å²) in [6.45, 7) is 0. The van der Waals surface area contributed by atoms with E-state index in [0.717, 1.165) is 54.0 Å². The van der Waals surface area contributed by atoms with Crippen molar-refractivity contribution < 1.29 is 19.1 Å². The number of amides is 4. The number of hydrogen-bond donors (Lipinski definition) is 1. The predicted octanol–water partition coefficient (Wildman–Crippen LogP) is 5.03. The zero-order chi connectivity index (χ0) is 23.7. The molecule has 1 aliphatic carbocycles. The number of nitrogens with one attached hydrogen (secondary N) is 1. The maximum absolute atomic E-state index is 13.6. The van der Waals surface area contributed by atoms with Gasteiger partial charge in [-0.25, -0.2) is 4.79 Å². The zero-order valence-electron chi connectivity index (χ0n) is 19.0. The standard InChI is InChI=1S/C26H27N3O4S/c1-33-18-13-11-16(12-14-18)22-15-20(27-19-9-5-6-10-21(19)34-22)23-24(30)28-26(32)29(25(23)31)17-7-3-2-4-8-17/h5-6,9-14,17,22-23H,2-4,7-8,15H2,1H3,(H,28,30,32). The molecule has 1 N–H and O–H groups in total. The Hall–Kier alpha value is -3.13. The van der Waals surface area contributed by atoms with Gasteiger partial charge in [-0.05, 0) is 42.7 Å². The fourth-order valence-electron chi connectivity index (χ4n) is 4.99. The van der Waals surface area contributed by atoms with E-state index >= 15 is 0 Å². The Bertz CT molecular complexity index is 1140. The van der Waals surface area contributed by atoms with Crippen LogP contribution in [-0.4, -0.2) is 41.6 Å². The van der Waals surface area contributed by atoms with Crippen molar-refractivity contribution in [1.29, 1.82) is 0 Å². The van der Waals surface area contributed by atoms with Crippen LogP contribution < -0.4 is 10.1 Å². The monoisotopic (exact) mass is 477 g/mol. The molecule has 8 heteroatoms. The first kappa shape index (κ1) is 22.7. The van der Waals surface area contributed by atoms with Gasteiger partial charge in [0.15, 0.2) is 5.92 Å². The highest BCUT2D eigenvalue weighted by molar-refractivity contribution is 7.99. The van der Waals surface area contributed by atoms with Gasteiger partial charge in [-0.2, -0.15) is 0 Å². The Kier molecular flexibility index (Phi) is 6.41. The van der Waals surface area contributed by atoms with Gasteiger partial charge in [0.25, 0.3) is 0 Å². The molecule has 34 heavy (non-hydrogen) atoms. The molecule has 1 saturated carbocycles. The Morgan fingerprint density at radius 2 is 1.74 bits per heavy atom. The predicted molar refractivity (Wildman–Crippen MR) is 130 cm³/mol. The molecule has 0 radical (unpaired) electrons. The second-order valence-electron chi connectivity index (χ2n) is 8.88. The van der Waals surface area contributed by atoms with Crippen LogP contribution in [0.1, 0.15) is 49.3 Å². The van der Waals surface area contributed by atoms with Crippen LogP contribution in [0, 0.1) is 5.92 Å². The van der Waals surface area contributed by atoms with Crippen LogP contribution in [0.25, 0.3) is 0 Å². The first-order chi connectivity index (χ1) is 16.5. The Morgan fingerprint density at radius 3 is 2.47 bits per heavy atom. The van der Waals surface area contributed by atoms with Gasteiger partial charge in [0, 0.05) is 28.3 Å². The van der Waals surface area contributed by atoms with Crippen molar-refractivity contribution in [2.24, 2.45) is 10.9 Å². The third-order valence-corrected chi connectivity index (χ3v) is 8.07. The van der Waals surface area contributed by atoms with Crippen LogP contribution in [0.5, 0.6) is 5.75 Å². The Balaban J connectivity index is 1.51. The van der Waals surface area contributed by atoms with Gasteiger partial charge >= 0.3 is 6.03 Å². The number of thioether (sulfide) groups is 1. The third-order valence-electron chi connectivity index (χ3n) is 6.75. The number of imide groups is 2. The number of carbonyl (C=O) groups excluding carboxylic acids is 3. The van der Waals surface area contributed by atoms with Gasteiger partial charge in [0.2, 0.25) is 11.8 Å². The van der Waals surface area contributed by atoms with Gasteiger partial charge in [-0.1, -0.05) is 43.5 Å². The minimum Gasteiger partial charge on any atom is -0.497 e. The lowest BCUT2D eigenvalue weighted by Crippen LogP contribution is -2.62. The molecule has 2 fully saturated rings. The summed E-state index contributed by atoms with van der Waals surface area (Å²) in [5.41, 5.74) is 2.29. The molecule has 0 bridgehead atoms. The third kappa shape index (κ3) is 4.34. The molecular formula is C26H27N3O4S. The topological polar surface area (TPSA) is 88.1 Å². The number of nitrogens with zero attached hydrogens (tertiary/aromatic N) is 2. The van der Waals surface area contributed by atoms with Crippen molar-refractivity contribution in [3.8, 4) is 5.75 Å².